The average Bonchev–Trinajstić information content (AvgIpc) is 3.20. The van der Waals surface area contributed by atoms with Crippen molar-refractivity contribution in [1.29, 1.82) is 0 Å². The molecule has 0 atom stereocenters. The van der Waals surface area contributed by atoms with E-state index in [1.165, 1.54) is 23.4 Å². The van der Waals surface area contributed by atoms with Crippen LogP contribution in [0.5, 0.6) is 0 Å². The molecular formula is C28H21N3O4. The lowest BCUT2D eigenvalue weighted by Gasteiger charge is -2.14. The van der Waals surface area contributed by atoms with Crippen LogP contribution in [0.3, 0.4) is 0 Å². The number of hydrogen-bond donors (Lipinski definition) is 1. The van der Waals surface area contributed by atoms with Gasteiger partial charge in [-0.05, 0) is 34.4 Å². The Morgan fingerprint density at radius 2 is 1.71 bits per heavy atom. The summed E-state index contributed by atoms with van der Waals surface area (Å²) in [4.78, 5) is 27.1. The zero-order chi connectivity index (χ0) is 24.2. The highest BCUT2D eigenvalue weighted by Crippen LogP contribution is 2.44. The molecule has 7 heteroatoms. The smallest absolute Gasteiger partial charge is 0.407 e. The SMILES string of the molecule is O=C(NCCC#Cc1ccc([N+](=O)[O-])c2cnccc12)OCC1c2ccccc2-c2ccccc21. The summed E-state index contributed by atoms with van der Waals surface area (Å²) in [5, 5.41) is 15.1. The highest BCUT2D eigenvalue weighted by molar-refractivity contribution is 5.94. The summed E-state index contributed by atoms with van der Waals surface area (Å²) in [7, 11) is 0. The van der Waals surface area contributed by atoms with Crippen molar-refractivity contribution < 1.29 is 14.5 Å². The van der Waals surface area contributed by atoms with E-state index < -0.39 is 11.0 Å². The third-order valence-electron chi connectivity index (χ3n) is 6.08. The summed E-state index contributed by atoms with van der Waals surface area (Å²) >= 11 is 0. The lowest BCUT2D eigenvalue weighted by molar-refractivity contribution is -0.383. The quantitative estimate of drug-likeness (QED) is 0.184. The molecule has 1 aliphatic rings. The van der Waals surface area contributed by atoms with Crippen LogP contribution >= 0.6 is 0 Å². The van der Waals surface area contributed by atoms with Crippen molar-refractivity contribution in [3.8, 4) is 23.0 Å². The van der Waals surface area contributed by atoms with Gasteiger partial charge in [-0.25, -0.2) is 4.79 Å². The van der Waals surface area contributed by atoms with E-state index >= 15 is 0 Å². The molecule has 5 rings (SSSR count). The van der Waals surface area contributed by atoms with Crippen molar-refractivity contribution in [2.24, 2.45) is 0 Å². The minimum absolute atomic E-state index is 0.00410. The Morgan fingerprint density at radius 1 is 1.00 bits per heavy atom. The highest BCUT2D eigenvalue weighted by atomic mass is 16.6. The van der Waals surface area contributed by atoms with Gasteiger partial charge in [0.05, 0.1) is 10.3 Å². The van der Waals surface area contributed by atoms with Gasteiger partial charge in [0.15, 0.2) is 0 Å². The predicted octanol–water partition coefficient (Wildman–Crippen LogP) is 5.42. The van der Waals surface area contributed by atoms with Crippen molar-refractivity contribution in [1.82, 2.24) is 10.3 Å². The van der Waals surface area contributed by atoms with Crippen LogP contribution in [0, 0.1) is 22.0 Å². The van der Waals surface area contributed by atoms with E-state index in [-0.39, 0.29) is 18.2 Å². The number of fused-ring (bicyclic) bond motifs is 4. The molecule has 0 saturated heterocycles. The van der Waals surface area contributed by atoms with E-state index in [9.17, 15) is 14.9 Å². The Morgan fingerprint density at radius 3 is 2.43 bits per heavy atom. The van der Waals surface area contributed by atoms with Gasteiger partial charge >= 0.3 is 6.09 Å². The van der Waals surface area contributed by atoms with E-state index in [0.29, 0.717) is 29.3 Å². The largest absolute Gasteiger partial charge is 0.449 e. The lowest BCUT2D eigenvalue weighted by atomic mass is 9.98. The number of amides is 1. The second-order valence-electron chi connectivity index (χ2n) is 8.11. The standard InChI is InChI=1S/C28H21N3O4/c32-28(35-18-26-23-10-3-1-8-21(23)22-9-2-4-11-24(22)26)30-15-6-5-7-19-12-13-27(31(33)34)25-17-29-16-14-20(19)25/h1-4,8-14,16-17,26H,6,15,18H2,(H,30,32). The second kappa shape index (κ2) is 9.65. The molecular weight excluding hydrogens is 442 g/mol. The first kappa shape index (κ1) is 22.1. The van der Waals surface area contributed by atoms with Crippen LogP contribution < -0.4 is 5.32 Å². The Kier molecular flexibility index (Phi) is 6.10. The summed E-state index contributed by atoms with van der Waals surface area (Å²) in [6.45, 7) is 0.588. The number of aromatic nitrogens is 1. The Balaban J connectivity index is 1.17. The molecule has 7 nitrogen and oxygen atoms in total. The van der Waals surface area contributed by atoms with Gasteiger partial charge < -0.3 is 10.1 Å². The molecule has 1 heterocycles. The summed E-state index contributed by atoms with van der Waals surface area (Å²) in [5.74, 6) is 6.06. The Labute approximate surface area is 201 Å². The van der Waals surface area contributed by atoms with Crippen molar-refractivity contribution in [3.05, 3.63) is 106 Å². The van der Waals surface area contributed by atoms with Crippen LogP contribution in [0.1, 0.15) is 29.0 Å². The van der Waals surface area contributed by atoms with Crippen LogP contribution in [0.2, 0.25) is 0 Å². The van der Waals surface area contributed by atoms with E-state index in [1.807, 2.05) is 24.3 Å². The number of benzene rings is 3. The number of nitro benzene ring substituents is 1. The molecule has 35 heavy (non-hydrogen) atoms. The molecule has 4 aromatic rings. The molecule has 0 aliphatic heterocycles. The number of nitrogens with one attached hydrogen (secondary N) is 1. The van der Waals surface area contributed by atoms with Gasteiger partial charge in [-0.2, -0.15) is 0 Å². The van der Waals surface area contributed by atoms with Crippen LogP contribution in [0.15, 0.2) is 79.1 Å². The topological polar surface area (TPSA) is 94.4 Å². The van der Waals surface area contributed by atoms with Crippen molar-refractivity contribution in [3.63, 3.8) is 0 Å². The summed E-state index contributed by atoms with van der Waals surface area (Å²) in [6, 6.07) is 21.2. The third kappa shape index (κ3) is 4.42. The predicted molar refractivity (Wildman–Crippen MR) is 133 cm³/mol. The molecule has 172 valence electrons. The number of pyridine rings is 1. The first-order chi connectivity index (χ1) is 17.1. The van der Waals surface area contributed by atoms with Gasteiger partial charge in [-0.3, -0.25) is 15.1 Å². The third-order valence-corrected chi connectivity index (χ3v) is 6.08. The fourth-order valence-electron chi connectivity index (χ4n) is 4.48. The van der Waals surface area contributed by atoms with Gasteiger partial charge in [0.25, 0.3) is 5.69 Å². The molecule has 3 aromatic carbocycles. The van der Waals surface area contributed by atoms with Gasteiger partial charge in [0.1, 0.15) is 6.61 Å². The first-order valence-corrected chi connectivity index (χ1v) is 11.2. The molecule has 1 aromatic heterocycles. The molecule has 0 saturated carbocycles. The van der Waals surface area contributed by atoms with Crippen molar-refractivity contribution >= 4 is 22.6 Å². The van der Waals surface area contributed by atoms with Crippen molar-refractivity contribution in [2.45, 2.75) is 12.3 Å². The minimum atomic E-state index is -0.486. The normalized spacial score (nSPS) is 11.8. The van der Waals surface area contributed by atoms with Gasteiger partial charge in [-0.15, -0.1) is 0 Å². The maximum atomic E-state index is 12.3. The van der Waals surface area contributed by atoms with E-state index in [4.69, 9.17) is 4.74 Å². The van der Waals surface area contributed by atoms with Crippen molar-refractivity contribution in [2.75, 3.05) is 13.2 Å². The number of carbonyl (C=O) groups is 1. The average molecular weight is 463 g/mol. The number of non-ortho nitro benzene ring substituents is 1. The van der Waals surface area contributed by atoms with E-state index in [0.717, 1.165) is 11.1 Å². The molecule has 1 aliphatic carbocycles. The highest BCUT2D eigenvalue weighted by Gasteiger charge is 2.28. The number of nitrogens with zero attached hydrogens (tertiary/aromatic N) is 2. The maximum Gasteiger partial charge on any atom is 0.407 e. The summed E-state index contributed by atoms with van der Waals surface area (Å²) in [6.07, 6.45) is 2.97. The fraction of sp³-hybridized carbons (Fsp3) is 0.143. The van der Waals surface area contributed by atoms with Gasteiger partial charge in [0, 0.05) is 48.3 Å². The lowest BCUT2D eigenvalue weighted by Crippen LogP contribution is -2.26. The second-order valence-corrected chi connectivity index (χ2v) is 8.11. The zero-order valence-corrected chi connectivity index (χ0v) is 18.7. The monoisotopic (exact) mass is 463 g/mol. The van der Waals surface area contributed by atoms with E-state index in [2.05, 4.69) is 46.4 Å². The number of alkyl carbamates (subject to hydrolysis) is 1. The Bertz CT molecular complexity index is 1460. The number of carbonyl (C=O) groups excluding carboxylic acids is 1. The maximum absolute atomic E-state index is 12.3. The number of hydrogen-bond acceptors (Lipinski definition) is 5. The van der Waals surface area contributed by atoms with Crippen LogP contribution in [-0.4, -0.2) is 29.2 Å². The number of rotatable bonds is 5. The van der Waals surface area contributed by atoms with Gasteiger partial charge in [0.2, 0.25) is 0 Å². The molecule has 1 N–H and O–H groups in total. The first-order valence-electron chi connectivity index (χ1n) is 11.2. The van der Waals surface area contributed by atoms with E-state index in [1.54, 1.807) is 18.3 Å². The van der Waals surface area contributed by atoms with Crippen LogP contribution in [0.25, 0.3) is 21.9 Å². The summed E-state index contributed by atoms with van der Waals surface area (Å²) in [5.41, 5.74) is 5.37. The molecule has 0 fully saturated rings. The molecule has 0 spiro atoms. The molecule has 0 bridgehead atoms. The fourth-order valence-corrected chi connectivity index (χ4v) is 4.48. The molecule has 0 unspecified atom stereocenters. The van der Waals surface area contributed by atoms with Crippen LogP contribution in [-0.2, 0) is 4.74 Å². The summed E-state index contributed by atoms with van der Waals surface area (Å²) < 4.78 is 5.53. The Hall–Kier alpha value is -4.70. The van der Waals surface area contributed by atoms with Crippen LogP contribution in [0.4, 0.5) is 10.5 Å². The zero-order valence-electron chi connectivity index (χ0n) is 18.7. The van der Waals surface area contributed by atoms with Gasteiger partial charge in [-0.1, -0.05) is 60.4 Å². The molecule has 0 radical (unpaired) electrons. The number of nitro groups is 1. The minimum Gasteiger partial charge on any atom is -0.449 e. The number of ether oxygens (including phenoxy) is 1. The molecule has 1 amide bonds.